The number of halogens is 1. The molecule has 0 unspecified atom stereocenters. The predicted octanol–water partition coefficient (Wildman–Crippen LogP) is 9.24. The molecule has 0 radical (unpaired) electrons. The van der Waals surface area contributed by atoms with Gasteiger partial charge in [-0.1, -0.05) is 57.9 Å². The molecule has 4 nitrogen and oxygen atoms in total. The SMILES string of the molecule is COc1ccc(C(=O)c2c(-c3ccc(OC)cc3)cc(-c3ccc(C)cc3)c3oc4ccc(Br)cc4c23)cc1. The van der Waals surface area contributed by atoms with E-state index in [0.29, 0.717) is 22.5 Å². The highest BCUT2D eigenvalue weighted by Gasteiger charge is 2.26. The number of methoxy groups -OCH3 is 2. The summed E-state index contributed by atoms with van der Waals surface area (Å²) in [6.45, 7) is 2.07. The Hall–Kier alpha value is -4.35. The number of hydrogen-bond donors (Lipinski definition) is 0. The zero-order valence-corrected chi connectivity index (χ0v) is 23.3. The fraction of sp³-hybridized carbons (Fsp3) is 0.0882. The number of carbonyl (C=O) groups is 1. The second kappa shape index (κ2) is 10.1. The molecule has 0 spiro atoms. The Balaban J connectivity index is 1.74. The molecule has 1 heterocycles. The number of carbonyl (C=O) groups excluding carboxylic acids is 1. The van der Waals surface area contributed by atoms with Crippen LogP contribution in [-0.4, -0.2) is 20.0 Å². The lowest BCUT2D eigenvalue weighted by Crippen LogP contribution is -2.05. The second-order valence-electron chi connectivity index (χ2n) is 9.45. The van der Waals surface area contributed by atoms with Crippen LogP contribution in [0.1, 0.15) is 21.5 Å². The molecular weight excluding hydrogens is 552 g/mol. The molecule has 192 valence electrons. The molecule has 0 N–H and O–H groups in total. The Labute approximate surface area is 234 Å². The molecule has 0 atom stereocenters. The lowest BCUT2D eigenvalue weighted by Gasteiger charge is -2.15. The zero-order chi connectivity index (χ0) is 27.1. The molecule has 0 saturated heterocycles. The first-order chi connectivity index (χ1) is 19.0. The van der Waals surface area contributed by atoms with E-state index in [1.54, 1.807) is 26.4 Å². The van der Waals surface area contributed by atoms with Gasteiger partial charge in [0.25, 0.3) is 0 Å². The van der Waals surface area contributed by atoms with Gasteiger partial charge in [0.1, 0.15) is 22.7 Å². The van der Waals surface area contributed by atoms with Crippen LogP contribution in [0.5, 0.6) is 11.5 Å². The summed E-state index contributed by atoms with van der Waals surface area (Å²) in [5, 5.41) is 1.66. The summed E-state index contributed by atoms with van der Waals surface area (Å²) in [6.07, 6.45) is 0. The average Bonchev–Trinajstić information content (AvgIpc) is 3.35. The van der Waals surface area contributed by atoms with Crippen molar-refractivity contribution < 1.29 is 18.7 Å². The molecule has 0 aliphatic rings. The van der Waals surface area contributed by atoms with Crippen LogP contribution in [0.25, 0.3) is 44.2 Å². The number of rotatable bonds is 6. The molecule has 5 heteroatoms. The first-order valence-corrected chi connectivity index (χ1v) is 13.3. The average molecular weight is 577 g/mol. The zero-order valence-electron chi connectivity index (χ0n) is 21.7. The topological polar surface area (TPSA) is 48.7 Å². The van der Waals surface area contributed by atoms with Crippen LogP contribution in [-0.2, 0) is 0 Å². The highest BCUT2D eigenvalue weighted by atomic mass is 79.9. The molecule has 1 aromatic heterocycles. The van der Waals surface area contributed by atoms with Crippen LogP contribution in [0.2, 0.25) is 0 Å². The molecule has 0 fully saturated rings. The molecule has 6 aromatic rings. The smallest absolute Gasteiger partial charge is 0.194 e. The molecule has 6 rings (SSSR count). The quantitative estimate of drug-likeness (QED) is 0.185. The number of ketones is 1. The maximum absolute atomic E-state index is 14.4. The van der Waals surface area contributed by atoms with Crippen molar-refractivity contribution in [2.75, 3.05) is 14.2 Å². The van der Waals surface area contributed by atoms with Crippen molar-refractivity contribution in [2.45, 2.75) is 6.92 Å². The number of hydrogen-bond acceptors (Lipinski definition) is 4. The first kappa shape index (κ1) is 25.0. The summed E-state index contributed by atoms with van der Waals surface area (Å²) in [7, 11) is 3.26. The summed E-state index contributed by atoms with van der Waals surface area (Å²) in [6, 6.07) is 31.4. The monoisotopic (exact) mass is 576 g/mol. The number of ether oxygens (including phenoxy) is 2. The van der Waals surface area contributed by atoms with Crippen LogP contribution in [0.3, 0.4) is 0 Å². The van der Waals surface area contributed by atoms with Crippen LogP contribution in [0.4, 0.5) is 0 Å². The van der Waals surface area contributed by atoms with Crippen LogP contribution in [0.15, 0.2) is 106 Å². The van der Waals surface area contributed by atoms with E-state index in [4.69, 9.17) is 13.9 Å². The maximum atomic E-state index is 14.4. The largest absolute Gasteiger partial charge is 0.497 e. The van der Waals surface area contributed by atoms with Gasteiger partial charge in [0.2, 0.25) is 0 Å². The van der Waals surface area contributed by atoms with Gasteiger partial charge in [-0.2, -0.15) is 0 Å². The number of furan rings is 1. The van der Waals surface area contributed by atoms with Gasteiger partial charge in [-0.25, -0.2) is 0 Å². The van der Waals surface area contributed by atoms with E-state index in [2.05, 4.69) is 53.2 Å². The summed E-state index contributed by atoms with van der Waals surface area (Å²) >= 11 is 3.62. The predicted molar refractivity (Wildman–Crippen MR) is 160 cm³/mol. The highest BCUT2D eigenvalue weighted by molar-refractivity contribution is 9.10. The standard InChI is InChI=1S/C34H25BrO4/c1-20-4-6-22(7-5-20)28-19-27(21-8-13-25(37-2)14-9-21)31(33(36)23-10-15-26(38-3)16-11-23)32-29-18-24(35)12-17-30(29)39-34(28)32/h4-19H,1-3H3. The van der Waals surface area contributed by atoms with E-state index >= 15 is 0 Å². The van der Waals surface area contributed by atoms with Gasteiger partial charge in [0.05, 0.1) is 14.2 Å². The van der Waals surface area contributed by atoms with Gasteiger partial charge in [-0.3, -0.25) is 4.79 Å². The minimum Gasteiger partial charge on any atom is -0.497 e. The number of aryl methyl sites for hydroxylation is 1. The molecule has 5 aromatic carbocycles. The normalized spacial score (nSPS) is 11.2. The van der Waals surface area contributed by atoms with E-state index in [1.807, 2.05) is 54.6 Å². The van der Waals surface area contributed by atoms with Gasteiger partial charge in [-0.15, -0.1) is 0 Å². The van der Waals surface area contributed by atoms with Gasteiger partial charge < -0.3 is 13.9 Å². The van der Waals surface area contributed by atoms with Crippen LogP contribution in [0, 0.1) is 6.92 Å². The van der Waals surface area contributed by atoms with Crippen molar-refractivity contribution >= 4 is 43.7 Å². The van der Waals surface area contributed by atoms with Gasteiger partial charge in [0.15, 0.2) is 5.78 Å². The summed E-state index contributed by atoms with van der Waals surface area (Å²) in [4.78, 5) is 14.4. The molecule has 0 saturated carbocycles. The van der Waals surface area contributed by atoms with Crippen LogP contribution >= 0.6 is 15.9 Å². The lowest BCUT2D eigenvalue weighted by molar-refractivity contribution is 0.104. The van der Waals surface area contributed by atoms with Gasteiger partial charge in [-0.05, 0) is 84.3 Å². The molecule has 0 bridgehead atoms. The van der Waals surface area contributed by atoms with E-state index in [0.717, 1.165) is 48.8 Å². The third-order valence-electron chi connectivity index (χ3n) is 7.05. The number of benzene rings is 5. The Morgan fingerprint density at radius 1 is 0.718 bits per heavy atom. The van der Waals surface area contributed by atoms with E-state index in [1.165, 1.54) is 5.56 Å². The van der Waals surface area contributed by atoms with E-state index in [9.17, 15) is 4.79 Å². The Bertz CT molecular complexity index is 1830. The Kier molecular flexibility index (Phi) is 6.45. The molecule has 0 aliphatic carbocycles. The van der Waals surface area contributed by atoms with Gasteiger partial charge in [0, 0.05) is 31.9 Å². The molecule has 39 heavy (non-hydrogen) atoms. The van der Waals surface area contributed by atoms with Crippen LogP contribution < -0.4 is 9.47 Å². The van der Waals surface area contributed by atoms with Gasteiger partial charge >= 0.3 is 0 Å². The van der Waals surface area contributed by atoms with Crippen molar-refractivity contribution in [3.8, 4) is 33.8 Å². The summed E-state index contributed by atoms with van der Waals surface area (Å²) < 4.78 is 18.1. The maximum Gasteiger partial charge on any atom is 0.194 e. The Morgan fingerprint density at radius 2 is 1.31 bits per heavy atom. The van der Waals surface area contributed by atoms with Crippen molar-refractivity contribution in [2.24, 2.45) is 0 Å². The summed E-state index contributed by atoms with van der Waals surface area (Å²) in [5.74, 6) is 1.35. The van der Waals surface area contributed by atoms with Crippen molar-refractivity contribution in [1.82, 2.24) is 0 Å². The Morgan fingerprint density at radius 3 is 1.95 bits per heavy atom. The first-order valence-electron chi connectivity index (χ1n) is 12.6. The molecule has 0 amide bonds. The minimum atomic E-state index is -0.0911. The molecular formula is C34H25BrO4. The van der Waals surface area contributed by atoms with Crippen molar-refractivity contribution in [1.29, 1.82) is 0 Å². The second-order valence-corrected chi connectivity index (χ2v) is 10.4. The minimum absolute atomic E-state index is 0.0911. The fourth-order valence-electron chi connectivity index (χ4n) is 4.99. The third kappa shape index (κ3) is 4.49. The van der Waals surface area contributed by atoms with Crippen molar-refractivity contribution in [3.63, 3.8) is 0 Å². The van der Waals surface area contributed by atoms with E-state index in [-0.39, 0.29) is 5.78 Å². The fourth-order valence-corrected chi connectivity index (χ4v) is 5.35. The van der Waals surface area contributed by atoms with Crippen molar-refractivity contribution in [3.05, 3.63) is 118 Å². The molecule has 0 aliphatic heterocycles. The third-order valence-corrected chi connectivity index (χ3v) is 7.54. The highest BCUT2D eigenvalue weighted by Crippen LogP contribution is 2.44. The summed E-state index contributed by atoms with van der Waals surface area (Å²) in [5.41, 5.74) is 7.41. The lowest BCUT2D eigenvalue weighted by atomic mass is 9.87. The van der Waals surface area contributed by atoms with E-state index < -0.39 is 0 Å². The number of fused-ring (bicyclic) bond motifs is 3.